The van der Waals surface area contributed by atoms with Crippen molar-refractivity contribution in [3.63, 3.8) is 0 Å². The van der Waals surface area contributed by atoms with Gasteiger partial charge >= 0.3 is 24.8 Å². The van der Waals surface area contributed by atoms with E-state index in [0.29, 0.717) is 12.2 Å². The zero-order valence-electron chi connectivity index (χ0n) is 60.5. The maximum absolute atomic E-state index is 14.1. The summed E-state index contributed by atoms with van der Waals surface area (Å²) in [6.07, 6.45) is 4.83. The number of hydrogen-bond donors (Lipinski definition) is 1. The summed E-state index contributed by atoms with van der Waals surface area (Å²) in [6, 6.07) is 122. The van der Waals surface area contributed by atoms with Gasteiger partial charge in [0, 0.05) is 78.2 Å². The van der Waals surface area contributed by atoms with E-state index in [1.165, 1.54) is 68.3 Å². The third-order valence-corrected chi connectivity index (χ3v) is 20.4. The molecule has 7 nitrogen and oxygen atoms in total. The molecule has 0 aliphatic carbocycles. The van der Waals surface area contributed by atoms with Crippen LogP contribution in [-0.2, 0) is 15.1 Å². The van der Waals surface area contributed by atoms with E-state index in [1.807, 2.05) is 73.7 Å². The number of carbonyl (C=O) groups excluding carboxylic acids is 1. The van der Waals surface area contributed by atoms with Crippen LogP contribution in [0.3, 0.4) is 0 Å². The van der Waals surface area contributed by atoms with Crippen molar-refractivity contribution in [2.75, 3.05) is 19.8 Å². The van der Waals surface area contributed by atoms with Crippen LogP contribution in [0, 0.1) is 6.92 Å². The van der Waals surface area contributed by atoms with Gasteiger partial charge < -0.3 is 35.2 Å². The number of aromatic nitrogens is 3. The second-order valence-corrected chi connectivity index (χ2v) is 27.4. The van der Waals surface area contributed by atoms with Crippen molar-refractivity contribution in [2.45, 2.75) is 45.1 Å². The number of esters is 1. The van der Waals surface area contributed by atoms with E-state index in [0.717, 1.165) is 118 Å². The van der Waals surface area contributed by atoms with Crippen molar-refractivity contribution in [1.29, 1.82) is 0 Å². The van der Waals surface area contributed by atoms with E-state index < -0.39 is 5.60 Å². The third-order valence-electron chi connectivity index (χ3n) is 19.9. The van der Waals surface area contributed by atoms with Gasteiger partial charge in [0.25, 0.3) is 0 Å². The number of carbonyl (C=O) groups is 1. The molecule has 1 saturated heterocycles. The Bertz CT molecular complexity index is 5810. The topological polar surface area (TPSA) is 70.6 Å². The first-order chi connectivity index (χ1) is 52.2. The first-order valence-electron chi connectivity index (χ1n) is 36.6. The van der Waals surface area contributed by atoms with Crippen molar-refractivity contribution >= 4 is 109 Å². The van der Waals surface area contributed by atoms with Gasteiger partial charge in [-0.2, -0.15) is 6.42 Å². The Kier molecular flexibility index (Phi) is 22.7. The van der Waals surface area contributed by atoms with Gasteiger partial charge in [0.15, 0.2) is 0 Å². The van der Waals surface area contributed by atoms with Crippen LogP contribution >= 0.6 is 15.9 Å². The fraction of sp³-hybridized carbons (Fsp3) is 0.102. The van der Waals surface area contributed by atoms with Gasteiger partial charge in [-0.25, -0.2) is 4.79 Å². The molecule has 0 bridgehead atoms. The van der Waals surface area contributed by atoms with Crippen LogP contribution in [-0.4, -0.2) is 44.6 Å². The monoisotopic (exact) mass is 1450 g/mol. The molecule has 520 valence electrons. The molecule has 0 unspecified atom stereocenters. The van der Waals surface area contributed by atoms with Gasteiger partial charge in [0.05, 0.1) is 45.3 Å². The Hall–Kier alpha value is -11.3. The van der Waals surface area contributed by atoms with Crippen LogP contribution in [0.1, 0.15) is 66.6 Å². The van der Waals surface area contributed by atoms with E-state index >= 15 is 0 Å². The van der Waals surface area contributed by atoms with E-state index in [-0.39, 0.29) is 24.8 Å². The molecule has 1 aliphatic rings. The molecule has 4 heterocycles. The Morgan fingerprint density at radius 3 is 1.11 bits per heavy atom. The molecule has 15 aromatic carbocycles. The van der Waals surface area contributed by atoms with Gasteiger partial charge in [-0.1, -0.05) is 296 Å². The molecule has 0 saturated carbocycles. The largest absolute Gasteiger partial charge is 1.00 e. The van der Waals surface area contributed by atoms with E-state index in [1.54, 1.807) is 0 Å². The quantitative estimate of drug-likeness (QED) is 0.0606. The summed E-state index contributed by atoms with van der Waals surface area (Å²) >= 11 is 3.56. The number of halogens is 1. The molecule has 1 fully saturated rings. The molecule has 9 heteroatoms. The molecule has 0 radical (unpaired) electrons. The number of para-hydroxylation sites is 6. The smallest absolute Gasteiger partial charge is 0.462 e. The molecule has 19 rings (SSSR count). The van der Waals surface area contributed by atoms with E-state index in [2.05, 4.69) is 329 Å². The van der Waals surface area contributed by atoms with Gasteiger partial charge in [0.2, 0.25) is 0 Å². The second kappa shape index (κ2) is 33.4. The summed E-state index contributed by atoms with van der Waals surface area (Å²) in [5.74, 6) is -0.276. The number of nitrogens with zero attached hydrogens (tertiary/aromatic N) is 3. The fourth-order valence-corrected chi connectivity index (χ4v) is 15.4. The number of unbranched alkanes of at least 4 members (excludes halogenated alkanes) is 1. The van der Waals surface area contributed by atoms with Crippen LogP contribution in [0.25, 0.3) is 126 Å². The van der Waals surface area contributed by atoms with Crippen molar-refractivity contribution < 1.29 is 38.2 Å². The Morgan fingerprint density at radius 1 is 0.402 bits per heavy atom. The molecule has 18 aromatic rings. The van der Waals surface area contributed by atoms with Crippen molar-refractivity contribution in [2.24, 2.45) is 0 Å². The summed E-state index contributed by atoms with van der Waals surface area (Å²) in [6.45, 7) is 9.92. The predicted molar refractivity (Wildman–Crippen MR) is 447 cm³/mol. The number of benzene rings is 15. The molecule has 3 aromatic heterocycles. The summed E-state index contributed by atoms with van der Waals surface area (Å²) in [5.41, 5.74) is 15.6. The minimum absolute atomic E-state index is 0. The van der Waals surface area contributed by atoms with Gasteiger partial charge in [-0.05, 0) is 154 Å². The van der Waals surface area contributed by atoms with Gasteiger partial charge in [0.1, 0.15) is 5.60 Å². The SMILES string of the molecule is Brc1cccc(-n2c3ccccc3c3ccccc32)c1.C1CCOC1.CCOC(=O)c1ccc2ccccc2c1-c1ccccc1.OC(c1cccc(-n2c3ccccc3c3ccccc32)c1)(c1cccc(-n2c3ccccc3c3ccccc32)c1)c1ccc2ccccc2c1-c1ccccc1.[CH2-]CCC.[Li+]. The maximum Gasteiger partial charge on any atom is 1.00 e. The normalized spacial score (nSPS) is 11.9. The van der Waals surface area contributed by atoms with Crippen LogP contribution in [0.4, 0.5) is 0 Å². The zero-order valence-corrected chi connectivity index (χ0v) is 62.1. The summed E-state index contributed by atoms with van der Waals surface area (Å²) in [5, 5.41) is 25.9. The van der Waals surface area contributed by atoms with Crippen LogP contribution in [0.5, 0.6) is 0 Å². The Balaban J connectivity index is 0.000000152. The molecule has 0 spiro atoms. The van der Waals surface area contributed by atoms with Crippen LogP contribution in [0.2, 0.25) is 0 Å². The molecular formula is C98H81BrLiN3O4. The predicted octanol–water partition coefficient (Wildman–Crippen LogP) is 22.6. The fourth-order valence-electron chi connectivity index (χ4n) is 15.0. The van der Waals surface area contributed by atoms with Gasteiger partial charge in [-0.15, -0.1) is 0 Å². The molecule has 107 heavy (non-hydrogen) atoms. The van der Waals surface area contributed by atoms with Crippen molar-refractivity contribution in [1.82, 2.24) is 13.7 Å². The summed E-state index contributed by atoms with van der Waals surface area (Å²) < 4.78 is 18.2. The molecule has 0 amide bonds. The average molecular weight is 1450 g/mol. The molecule has 0 atom stereocenters. The molecular weight excluding hydrogens is 1370 g/mol. The number of ether oxygens (including phenoxy) is 2. The first kappa shape index (κ1) is 72.6. The van der Waals surface area contributed by atoms with Crippen LogP contribution < -0.4 is 18.9 Å². The standard InChI is InChI=1S/C53H36N2O.C19H16O2.C18H12BrN.C4H8O.C4H9.Li/c56-53(47-33-32-36-16-4-5-23-42(36)52(47)37-17-2-1-3-18-37,38-19-14-21-40(34-38)54-48-28-10-6-24-43(48)44-25-7-11-29-49(44)54)39-20-15-22-41(35-39)55-50-30-12-8-26-45(50)46-27-9-13-31-51(46)55;1-2-21-19(20)17-13-12-14-8-6-7-11-16(14)18(17)15-9-4-3-5-10-15;19-13-6-5-7-14(12-13)20-17-10-3-1-8-15(17)16-9-2-4-11-18(16)20;1-2-4-5-3-1;1-3-4-2;/h1-35,56H;3-13H,2H2,1H3;1-12H;1-4H2;1,3-4H2,2H3;/q;;;;-1;+1. The van der Waals surface area contributed by atoms with E-state index in [9.17, 15) is 9.90 Å². The number of aliphatic hydroxyl groups is 1. The Morgan fingerprint density at radius 2 is 0.738 bits per heavy atom. The minimum atomic E-state index is -1.57. The number of hydrogen-bond acceptors (Lipinski definition) is 4. The number of rotatable bonds is 11. The minimum Gasteiger partial charge on any atom is -0.462 e. The summed E-state index contributed by atoms with van der Waals surface area (Å²) in [7, 11) is 0. The van der Waals surface area contributed by atoms with E-state index in [4.69, 9.17) is 9.47 Å². The van der Waals surface area contributed by atoms with Crippen molar-refractivity contribution in [3.8, 4) is 39.3 Å². The maximum atomic E-state index is 14.1. The number of fused-ring (bicyclic) bond motifs is 11. The third kappa shape index (κ3) is 14.6. The Labute approximate surface area is 645 Å². The summed E-state index contributed by atoms with van der Waals surface area (Å²) in [4.78, 5) is 12.3. The average Bonchev–Trinajstić information content (AvgIpc) is 1.51. The van der Waals surface area contributed by atoms with Crippen molar-refractivity contribution in [3.05, 3.63) is 385 Å². The molecule has 1 aliphatic heterocycles. The first-order valence-corrected chi connectivity index (χ1v) is 37.4. The zero-order chi connectivity index (χ0) is 72.4. The second-order valence-electron chi connectivity index (χ2n) is 26.4. The molecule has 1 N–H and O–H groups in total. The van der Waals surface area contributed by atoms with Gasteiger partial charge in [-0.3, -0.25) is 0 Å². The van der Waals surface area contributed by atoms with Crippen LogP contribution in [0.15, 0.2) is 356 Å².